The predicted octanol–water partition coefficient (Wildman–Crippen LogP) is 2.40. The van der Waals surface area contributed by atoms with Gasteiger partial charge >= 0.3 is 5.97 Å². The van der Waals surface area contributed by atoms with Gasteiger partial charge in [-0.25, -0.2) is 0 Å². The topological polar surface area (TPSA) is 165 Å². The van der Waals surface area contributed by atoms with E-state index in [1.54, 1.807) is 36.4 Å². The van der Waals surface area contributed by atoms with E-state index in [4.69, 9.17) is 16.6 Å². The maximum absolute atomic E-state index is 13.1. The van der Waals surface area contributed by atoms with Gasteiger partial charge in [0.05, 0.1) is 10.4 Å². The average Bonchev–Trinajstić information content (AvgIpc) is 3.31. The number of amides is 2. The van der Waals surface area contributed by atoms with Crippen LogP contribution in [0, 0.1) is 0 Å². The van der Waals surface area contributed by atoms with Crippen LogP contribution in [0.15, 0.2) is 58.4 Å². The first-order valence-corrected chi connectivity index (χ1v) is 11.7. The normalized spacial score (nSPS) is 11.5. The van der Waals surface area contributed by atoms with Gasteiger partial charge in [0.2, 0.25) is 0 Å². The Morgan fingerprint density at radius 3 is 2.41 bits per heavy atom. The Labute approximate surface area is 207 Å². The van der Waals surface area contributed by atoms with Crippen LogP contribution in [0.25, 0.3) is 0 Å². The van der Waals surface area contributed by atoms with Crippen molar-refractivity contribution in [2.45, 2.75) is 12.6 Å². The third-order valence-corrected chi connectivity index (χ3v) is 6.56. The summed E-state index contributed by atoms with van der Waals surface area (Å²) in [5, 5.41) is 15.5. The predicted molar refractivity (Wildman–Crippen MR) is 132 cm³/mol. The summed E-state index contributed by atoms with van der Waals surface area (Å²) in [6.07, 6.45) is 0. The van der Waals surface area contributed by atoms with Crippen LogP contribution in [0.2, 0.25) is 0 Å². The number of hydrogen-bond acceptors (Lipinski definition) is 7. The third kappa shape index (κ3) is 6.07. The second-order valence-corrected chi connectivity index (χ2v) is 8.98. The lowest BCUT2D eigenvalue weighted by Gasteiger charge is -2.10. The van der Waals surface area contributed by atoms with Gasteiger partial charge in [-0.1, -0.05) is 18.2 Å². The summed E-state index contributed by atoms with van der Waals surface area (Å²) in [6, 6.07) is 12.1. The smallest absolute Gasteiger partial charge is 0.322 e. The maximum Gasteiger partial charge on any atom is 0.322 e. The monoisotopic (exact) mass is 544 g/mol. The summed E-state index contributed by atoms with van der Waals surface area (Å²) in [7, 11) is 0. The highest BCUT2D eigenvalue weighted by atomic mass is 79.9. The molecule has 0 radical (unpaired) electrons. The van der Waals surface area contributed by atoms with Crippen molar-refractivity contribution in [1.29, 1.82) is 0 Å². The molecule has 1 atom stereocenters. The average molecular weight is 545 g/mol. The molecule has 0 fully saturated rings. The highest BCUT2D eigenvalue weighted by Crippen LogP contribution is 2.26. The maximum atomic E-state index is 13.1. The number of hydrogen-bond donors (Lipinski definition) is 5. The summed E-state index contributed by atoms with van der Waals surface area (Å²) in [4.78, 5) is 49.0. The molecule has 0 bridgehead atoms. The number of anilines is 1. The molecule has 0 aliphatic carbocycles. The first-order valence-electron chi connectivity index (χ1n) is 9.98. The number of carbonyl (C=O) groups is 4. The van der Waals surface area contributed by atoms with Gasteiger partial charge in [-0.05, 0) is 51.8 Å². The Morgan fingerprint density at radius 2 is 1.71 bits per heavy atom. The molecule has 0 aliphatic heterocycles. The molecule has 2 amide bonds. The third-order valence-electron chi connectivity index (χ3n) is 4.78. The second-order valence-electron chi connectivity index (χ2n) is 7.28. The van der Waals surface area contributed by atoms with Crippen LogP contribution in [0.4, 0.5) is 5.69 Å². The molecule has 1 aromatic heterocycles. The molecule has 1 heterocycles. The summed E-state index contributed by atoms with van der Waals surface area (Å²) in [6.45, 7) is 0.0245. The van der Waals surface area contributed by atoms with E-state index in [9.17, 15) is 19.2 Å². The minimum Gasteiger partial charge on any atom is -0.480 e. The van der Waals surface area contributed by atoms with E-state index in [-0.39, 0.29) is 46.3 Å². The van der Waals surface area contributed by atoms with Gasteiger partial charge in [-0.15, -0.1) is 11.3 Å². The Morgan fingerprint density at radius 1 is 1.00 bits per heavy atom. The zero-order valence-electron chi connectivity index (χ0n) is 17.7. The Balaban J connectivity index is 1.71. The van der Waals surface area contributed by atoms with Gasteiger partial charge in [0, 0.05) is 39.8 Å². The molecule has 0 saturated carbocycles. The second kappa shape index (κ2) is 11.1. The van der Waals surface area contributed by atoms with Crippen LogP contribution in [-0.4, -0.2) is 41.3 Å². The standard InChI is InChI=1S/C23H21BrN4O5S/c24-19-15(5-2-6-16(19)21(30)27-9-12-3-1-4-14(25)7-12)20(29)13-8-18(34-11-13)22(31)28-10-17(26)23(32)33/h1-8,11,17H,9-10,25-26H2,(H,27,30)(H,28,31)(H,32,33)/t17-/m0/s1. The number of carboxylic acids is 1. The van der Waals surface area contributed by atoms with Crippen molar-refractivity contribution in [3.8, 4) is 0 Å². The molecule has 7 N–H and O–H groups in total. The van der Waals surface area contributed by atoms with Crippen molar-refractivity contribution < 1.29 is 24.3 Å². The number of rotatable bonds is 9. The summed E-state index contributed by atoms with van der Waals surface area (Å²) < 4.78 is 0.328. The van der Waals surface area contributed by atoms with Crippen molar-refractivity contribution in [1.82, 2.24) is 10.6 Å². The summed E-state index contributed by atoms with van der Waals surface area (Å²) >= 11 is 4.40. The number of benzene rings is 2. The number of halogens is 1. The fourth-order valence-corrected chi connectivity index (χ4v) is 4.40. The fourth-order valence-electron chi connectivity index (χ4n) is 2.97. The van der Waals surface area contributed by atoms with Crippen LogP contribution in [0.5, 0.6) is 0 Å². The number of carbonyl (C=O) groups excluding carboxylic acids is 3. The molecule has 0 unspecified atom stereocenters. The van der Waals surface area contributed by atoms with Crippen LogP contribution in [0.3, 0.4) is 0 Å². The molecule has 11 heteroatoms. The molecule has 3 aromatic rings. The summed E-state index contributed by atoms with van der Waals surface area (Å²) in [5.74, 6) is -2.52. The first kappa shape index (κ1) is 25.1. The molecule has 2 aromatic carbocycles. The molecular formula is C23H21BrN4O5S. The molecule has 0 saturated heterocycles. The minimum atomic E-state index is -1.23. The van der Waals surface area contributed by atoms with Crippen LogP contribution >= 0.6 is 27.3 Å². The van der Waals surface area contributed by atoms with E-state index in [2.05, 4.69) is 26.6 Å². The van der Waals surface area contributed by atoms with Gasteiger partial charge < -0.3 is 27.2 Å². The number of nitrogen functional groups attached to an aromatic ring is 1. The number of aliphatic carboxylic acids is 1. The SMILES string of the molecule is Nc1cccc(CNC(=O)c2cccc(C(=O)c3csc(C(=O)NC[C@H](N)C(=O)O)c3)c2Br)c1. The van der Waals surface area contributed by atoms with Crippen LogP contribution in [0.1, 0.15) is 41.5 Å². The Hall–Kier alpha value is -3.54. The van der Waals surface area contributed by atoms with Gasteiger partial charge in [-0.2, -0.15) is 0 Å². The van der Waals surface area contributed by atoms with E-state index >= 15 is 0 Å². The molecule has 3 rings (SSSR count). The van der Waals surface area contributed by atoms with E-state index in [1.165, 1.54) is 11.4 Å². The number of thiophene rings is 1. The molecule has 0 spiro atoms. The van der Waals surface area contributed by atoms with E-state index in [0.717, 1.165) is 16.9 Å². The molecule has 176 valence electrons. The molecule has 34 heavy (non-hydrogen) atoms. The Kier molecular flexibility index (Phi) is 8.16. The van der Waals surface area contributed by atoms with Crippen molar-refractivity contribution >= 4 is 56.5 Å². The highest BCUT2D eigenvalue weighted by molar-refractivity contribution is 9.10. The Bertz CT molecular complexity index is 1260. The molecule has 0 aliphatic rings. The van der Waals surface area contributed by atoms with Gasteiger partial charge in [-0.3, -0.25) is 19.2 Å². The molecule has 9 nitrogen and oxygen atoms in total. The lowest BCUT2D eigenvalue weighted by molar-refractivity contribution is -0.138. The zero-order chi connectivity index (χ0) is 24.8. The number of nitrogens with two attached hydrogens (primary N) is 2. The molecular weight excluding hydrogens is 524 g/mol. The lowest BCUT2D eigenvalue weighted by atomic mass is 10.0. The van der Waals surface area contributed by atoms with E-state index in [1.807, 2.05) is 6.07 Å². The van der Waals surface area contributed by atoms with Gasteiger partial charge in [0.25, 0.3) is 11.8 Å². The van der Waals surface area contributed by atoms with E-state index in [0.29, 0.717) is 10.2 Å². The van der Waals surface area contributed by atoms with Crippen molar-refractivity contribution in [3.05, 3.63) is 85.5 Å². The van der Waals surface area contributed by atoms with E-state index < -0.39 is 17.9 Å². The lowest BCUT2D eigenvalue weighted by Crippen LogP contribution is -2.42. The van der Waals surface area contributed by atoms with Gasteiger partial charge in [0.1, 0.15) is 6.04 Å². The quantitative estimate of drug-likeness (QED) is 0.204. The number of nitrogens with one attached hydrogen (secondary N) is 2. The first-order chi connectivity index (χ1) is 16.2. The highest BCUT2D eigenvalue weighted by Gasteiger charge is 2.21. The van der Waals surface area contributed by atoms with Crippen LogP contribution < -0.4 is 22.1 Å². The largest absolute Gasteiger partial charge is 0.480 e. The van der Waals surface area contributed by atoms with Crippen molar-refractivity contribution in [3.63, 3.8) is 0 Å². The van der Waals surface area contributed by atoms with Crippen molar-refractivity contribution in [2.75, 3.05) is 12.3 Å². The fraction of sp³-hybridized carbons (Fsp3) is 0.130. The van der Waals surface area contributed by atoms with Crippen molar-refractivity contribution in [2.24, 2.45) is 5.73 Å². The summed E-state index contributed by atoms with van der Waals surface area (Å²) in [5.41, 5.74) is 13.4. The van der Waals surface area contributed by atoms with Crippen LogP contribution in [-0.2, 0) is 11.3 Å². The zero-order valence-corrected chi connectivity index (χ0v) is 20.1. The number of ketones is 1. The van der Waals surface area contributed by atoms with Gasteiger partial charge in [0.15, 0.2) is 5.78 Å². The minimum absolute atomic E-state index is 0.230. The number of carboxylic acid groups (broad SMARTS) is 1.